The number of ether oxygens (including phenoxy) is 1. The van der Waals surface area contributed by atoms with Crippen LogP contribution in [-0.4, -0.2) is 23.3 Å². The summed E-state index contributed by atoms with van der Waals surface area (Å²) in [5.74, 6) is -0.252. The molecular weight excluding hydrogens is 390 g/mol. The third-order valence-corrected chi connectivity index (χ3v) is 5.14. The minimum absolute atomic E-state index is 0.236. The van der Waals surface area contributed by atoms with Gasteiger partial charge in [-0.05, 0) is 42.7 Å². The van der Waals surface area contributed by atoms with Gasteiger partial charge in [-0.15, -0.1) is 0 Å². The predicted molar refractivity (Wildman–Crippen MR) is 119 cm³/mol. The predicted octanol–water partition coefficient (Wildman–Crippen LogP) is 5.88. The SMILES string of the molecule is CCCCc1ccc(C(=O)COC(=O)c2cc(-c3ccco3)nc3ccccc23)cc1. The topological polar surface area (TPSA) is 69.4 Å². The van der Waals surface area contributed by atoms with Gasteiger partial charge in [0.15, 0.2) is 18.2 Å². The summed E-state index contributed by atoms with van der Waals surface area (Å²) < 4.78 is 10.8. The van der Waals surface area contributed by atoms with E-state index in [9.17, 15) is 9.59 Å². The lowest BCUT2D eigenvalue weighted by Gasteiger charge is -2.09. The third-order valence-electron chi connectivity index (χ3n) is 5.14. The first kappa shape index (κ1) is 20.5. The summed E-state index contributed by atoms with van der Waals surface area (Å²) in [6.45, 7) is 1.83. The molecule has 156 valence electrons. The molecule has 5 heteroatoms. The van der Waals surface area contributed by atoms with Crippen molar-refractivity contribution < 1.29 is 18.7 Å². The maximum Gasteiger partial charge on any atom is 0.339 e. The van der Waals surface area contributed by atoms with Crippen LogP contribution in [0.2, 0.25) is 0 Å². The van der Waals surface area contributed by atoms with Crippen molar-refractivity contribution in [2.45, 2.75) is 26.2 Å². The Labute approximate surface area is 180 Å². The second-order valence-electron chi connectivity index (χ2n) is 7.35. The van der Waals surface area contributed by atoms with E-state index in [-0.39, 0.29) is 12.4 Å². The fourth-order valence-corrected chi connectivity index (χ4v) is 3.43. The quantitative estimate of drug-likeness (QED) is 0.267. The van der Waals surface area contributed by atoms with E-state index in [0.29, 0.717) is 33.5 Å². The van der Waals surface area contributed by atoms with Gasteiger partial charge < -0.3 is 9.15 Å². The van der Waals surface area contributed by atoms with Crippen molar-refractivity contribution in [1.29, 1.82) is 0 Å². The molecule has 0 spiro atoms. The zero-order valence-electron chi connectivity index (χ0n) is 17.3. The average molecular weight is 413 g/mol. The zero-order valence-corrected chi connectivity index (χ0v) is 17.3. The average Bonchev–Trinajstić information content (AvgIpc) is 3.35. The van der Waals surface area contributed by atoms with Crippen LogP contribution in [0.3, 0.4) is 0 Å². The molecule has 0 aliphatic carbocycles. The summed E-state index contributed by atoms with van der Waals surface area (Å²) in [4.78, 5) is 29.9. The van der Waals surface area contributed by atoms with Gasteiger partial charge in [-0.3, -0.25) is 4.79 Å². The van der Waals surface area contributed by atoms with Crippen molar-refractivity contribution in [3.8, 4) is 11.5 Å². The smallest absolute Gasteiger partial charge is 0.339 e. The van der Waals surface area contributed by atoms with Gasteiger partial charge in [-0.1, -0.05) is 55.8 Å². The van der Waals surface area contributed by atoms with Gasteiger partial charge in [-0.25, -0.2) is 9.78 Å². The van der Waals surface area contributed by atoms with E-state index >= 15 is 0 Å². The van der Waals surface area contributed by atoms with Crippen LogP contribution < -0.4 is 0 Å². The molecule has 0 radical (unpaired) electrons. The second kappa shape index (κ2) is 9.39. The van der Waals surface area contributed by atoms with Crippen molar-refractivity contribution in [2.24, 2.45) is 0 Å². The van der Waals surface area contributed by atoms with Gasteiger partial charge in [0, 0.05) is 10.9 Å². The summed E-state index contributed by atoms with van der Waals surface area (Å²) in [6, 6.07) is 20.0. The van der Waals surface area contributed by atoms with Crippen molar-refractivity contribution in [3.05, 3.63) is 89.7 Å². The van der Waals surface area contributed by atoms with Gasteiger partial charge in [0.25, 0.3) is 0 Å². The van der Waals surface area contributed by atoms with Crippen LogP contribution in [0.15, 0.2) is 77.4 Å². The Morgan fingerprint density at radius 3 is 2.55 bits per heavy atom. The summed E-state index contributed by atoms with van der Waals surface area (Å²) in [5.41, 5.74) is 3.26. The Bertz CT molecular complexity index is 1190. The van der Waals surface area contributed by atoms with Crippen LogP contribution in [0.1, 0.15) is 46.0 Å². The van der Waals surface area contributed by atoms with Gasteiger partial charge >= 0.3 is 5.97 Å². The number of furan rings is 1. The van der Waals surface area contributed by atoms with Crippen LogP contribution in [0.25, 0.3) is 22.4 Å². The number of para-hydroxylation sites is 1. The number of esters is 1. The molecule has 0 saturated carbocycles. The Kier molecular flexibility index (Phi) is 6.22. The highest BCUT2D eigenvalue weighted by atomic mass is 16.5. The van der Waals surface area contributed by atoms with Crippen molar-refractivity contribution in [1.82, 2.24) is 4.98 Å². The number of Topliss-reactive ketones (excluding diaryl/α,β-unsaturated/α-hetero) is 1. The lowest BCUT2D eigenvalue weighted by atomic mass is 10.0. The van der Waals surface area contributed by atoms with E-state index in [1.54, 1.807) is 36.6 Å². The number of hydrogen-bond acceptors (Lipinski definition) is 5. The van der Waals surface area contributed by atoms with Gasteiger partial charge in [0.05, 0.1) is 17.3 Å². The molecule has 2 aromatic heterocycles. The number of rotatable bonds is 8. The molecule has 0 atom stereocenters. The first-order valence-electron chi connectivity index (χ1n) is 10.4. The van der Waals surface area contributed by atoms with Gasteiger partial charge in [-0.2, -0.15) is 0 Å². The number of aryl methyl sites for hydroxylation is 1. The summed E-state index contributed by atoms with van der Waals surface area (Å²) in [6.07, 6.45) is 4.79. The normalized spacial score (nSPS) is 10.9. The van der Waals surface area contributed by atoms with Crippen molar-refractivity contribution in [3.63, 3.8) is 0 Å². The summed E-state index contributed by atoms with van der Waals surface area (Å²) in [5, 5.41) is 0.663. The number of ketones is 1. The maximum absolute atomic E-state index is 12.9. The molecule has 0 bridgehead atoms. The van der Waals surface area contributed by atoms with Crippen LogP contribution >= 0.6 is 0 Å². The lowest BCUT2D eigenvalue weighted by molar-refractivity contribution is 0.0476. The Hall–Kier alpha value is -3.73. The number of aromatic nitrogens is 1. The number of unbranched alkanes of at least 4 members (excludes halogenated alkanes) is 1. The van der Waals surface area contributed by atoms with Gasteiger partial charge in [0.2, 0.25) is 0 Å². The molecule has 5 nitrogen and oxygen atoms in total. The van der Waals surface area contributed by atoms with Gasteiger partial charge in [0.1, 0.15) is 5.69 Å². The number of nitrogens with zero attached hydrogens (tertiary/aromatic N) is 1. The number of fused-ring (bicyclic) bond motifs is 1. The number of pyridine rings is 1. The van der Waals surface area contributed by atoms with Crippen LogP contribution in [-0.2, 0) is 11.2 Å². The second-order valence-corrected chi connectivity index (χ2v) is 7.35. The first-order chi connectivity index (χ1) is 15.2. The van der Waals surface area contributed by atoms with E-state index in [1.165, 1.54) is 5.56 Å². The highest BCUT2D eigenvalue weighted by Gasteiger charge is 2.18. The maximum atomic E-state index is 12.9. The molecule has 0 saturated heterocycles. The number of carbonyl (C=O) groups excluding carboxylic acids is 2. The van der Waals surface area contributed by atoms with Crippen molar-refractivity contribution in [2.75, 3.05) is 6.61 Å². The minimum Gasteiger partial charge on any atom is -0.463 e. The van der Waals surface area contributed by atoms with Crippen LogP contribution in [0, 0.1) is 0 Å². The Morgan fingerprint density at radius 1 is 1.00 bits per heavy atom. The summed E-state index contributed by atoms with van der Waals surface area (Å²) >= 11 is 0. The van der Waals surface area contributed by atoms with Crippen molar-refractivity contribution >= 4 is 22.7 Å². The van der Waals surface area contributed by atoms with E-state index < -0.39 is 5.97 Å². The first-order valence-corrected chi connectivity index (χ1v) is 10.4. The minimum atomic E-state index is -0.570. The molecular formula is C26H23NO4. The fraction of sp³-hybridized carbons (Fsp3) is 0.192. The molecule has 2 aromatic carbocycles. The number of carbonyl (C=O) groups is 2. The standard InChI is InChI=1S/C26H23NO4/c1-2-3-7-18-11-13-19(14-12-18)24(28)17-31-26(29)21-16-23(25-10-6-15-30-25)27-22-9-5-4-8-20(21)22/h4-6,8-16H,2-3,7,17H2,1H3. The Balaban J connectivity index is 1.51. The molecule has 0 fully saturated rings. The molecule has 0 N–H and O–H groups in total. The molecule has 0 aliphatic heterocycles. The molecule has 4 rings (SSSR count). The van der Waals surface area contributed by atoms with Crippen LogP contribution in [0.5, 0.6) is 0 Å². The molecule has 0 amide bonds. The number of hydrogen-bond donors (Lipinski definition) is 0. The van der Waals surface area contributed by atoms with E-state index in [0.717, 1.165) is 19.3 Å². The Morgan fingerprint density at radius 2 is 1.81 bits per heavy atom. The van der Waals surface area contributed by atoms with E-state index in [2.05, 4.69) is 11.9 Å². The highest BCUT2D eigenvalue weighted by Crippen LogP contribution is 2.25. The monoisotopic (exact) mass is 413 g/mol. The highest BCUT2D eigenvalue weighted by molar-refractivity contribution is 6.06. The molecule has 4 aromatic rings. The molecule has 0 unspecified atom stereocenters. The zero-order chi connectivity index (χ0) is 21.6. The summed E-state index contributed by atoms with van der Waals surface area (Å²) in [7, 11) is 0. The van der Waals surface area contributed by atoms with Crippen LogP contribution in [0.4, 0.5) is 0 Å². The number of benzene rings is 2. The molecule has 2 heterocycles. The molecule has 0 aliphatic rings. The third kappa shape index (κ3) is 4.72. The lowest BCUT2D eigenvalue weighted by Crippen LogP contribution is -2.15. The van der Waals surface area contributed by atoms with E-state index in [4.69, 9.17) is 9.15 Å². The largest absolute Gasteiger partial charge is 0.463 e. The van der Waals surface area contributed by atoms with E-state index in [1.807, 2.05) is 36.4 Å². The molecule has 31 heavy (non-hydrogen) atoms. The fourth-order valence-electron chi connectivity index (χ4n) is 3.43.